The van der Waals surface area contributed by atoms with Gasteiger partial charge in [0.15, 0.2) is 0 Å². The van der Waals surface area contributed by atoms with Crippen molar-refractivity contribution in [1.82, 2.24) is 10.2 Å². The fourth-order valence-electron chi connectivity index (χ4n) is 2.24. The van der Waals surface area contributed by atoms with Crippen LogP contribution < -0.4 is 5.32 Å². The highest BCUT2D eigenvalue weighted by molar-refractivity contribution is 5.96. The summed E-state index contributed by atoms with van der Waals surface area (Å²) in [6.07, 6.45) is -3.75. The van der Waals surface area contributed by atoms with Crippen molar-refractivity contribution in [2.45, 2.75) is 18.6 Å². The minimum absolute atomic E-state index is 0. The highest BCUT2D eigenvalue weighted by atomic mass is 35.5. The van der Waals surface area contributed by atoms with Crippen LogP contribution in [0.25, 0.3) is 0 Å². The SMILES string of the molecule is CN(C(=O)c1ccccc1C(F)(F)F)[C@@H]1CCNC1.Cl. The van der Waals surface area contributed by atoms with Crippen molar-refractivity contribution in [3.05, 3.63) is 35.4 Å². The zero-order valence-electron chi connectivity index (χ0n) is 10.9. The summed E-state index contributed by atoms with van der Waals surface area (Å²) in [7, 11) is 1.55. The Balaban J connectivity index is 0.00000200. The Bertz CT molecular complexity index is 473. The fraction of sp³-hybridized carbons (Fsp3) is 0.462. The Kier molecular flexibility index (Phi) is 5.42. The van der Waals surface area contributed by atoms with E-state index in [-0.39, 0.29) is 24.0 Å². The highest BCUT2D eigenvalue weighted by Crippen LogP contribution is 2.32. The number of nitrogens with one attached hydrogen (secondary N) is 1. The van der Waals surface area contributed by atoms with Crippen LogP contribution in [0.5, 0.6) is 0 Å². The van der Waals surface area contributed by atoms with Gasteiger partial charge in [0.2, 0.25) is 0 Å². The molecule has 0 saturated carbocycles. The third kappa shape index (κ3) is 3.43. The van der Waals surface area contributed by atoms with Gasteiger partial charge in [-0.3, -0.25) is 4.79 Å². The molecule has 0 spiro atoms. The van der Waals surface area contributed by atoms with Crippen molar-refractivity contribution < 1.29 is 18.0 Å². The normalized spacial score (nSPS) is 18.5. The van der Waals surface area contributed by atoms with Crippen LogP contribution in [0.2, 0.25) is 0 Å². The number of hydrogen-bond donors (Lipinski definition) is 1. The Morgan fingerprint density at radius 3 is 2.55 bits per heavy atom. The number of halogens is 4. The monoisotopic (exact) mass is 308 g/mol. The maximum absolute atomic E-state index is 12.9. The molecule has 0 aliphatic carbocycles. The number of carbonyl (C=O) groups is 1. The highest BCUT2D eigenvalue weighted by Gasteiger charge is 2.36. The number of hydrogen-bond acceptors (Lipinski definition) is 2. The number of alkyl halides is 3. The molecular weight excluding hydrogens is 293 g/mol. The van der Waals surface area contributed by atoms with E-state index >= 15 is 0 Å². The van der Waals surface area contributed by atoms with Crippen LogP contribution in [0.15, 0.2) is 24.3 Å². The summed E-state index contributed by atoms with van der Waals surface area (Å²) < 4.78 is 38.6. The zero-order chi connectivity index (χ0) is 14.0. The molecule has 1 saturated heterocycles. The predicted molar refractivity (Wildman–Crippen MR) is 72.1 cm³/mol. The van der Waals surface area contributed by atoms with E-state index in [9.17, 15) is 18.0 Å². The lowest BCUT2D eigenvalue weighted by molar-refractivity contribution is -0.138. The number of rotatable bonds is 2. The van der Waals surface area contributed by atoms with Crippen molar-refractivity contribution in [1.29, 1.82) is 0 Å². The summed E-state index contributed by atoms with van der Waals surface area (Å²) in [5.74, 6) is -0.582. The first-order valence-corrected chi connectivity index (χ1v) is 6.05. The molecule has 112 valence electrons. The third-order valence-corrected chi connectivity index (χ3v) is 3.37. The molecule has 20 heavy (non-hydrogen) atoms. The second kappa shape index (κ2) is 6.45. The van der Waals surface area contributed by atoms with Crippen LogP contribution in [-0.4, -0.2) is 37.0 Å². The average Bonchev–Trinajstić information content (AvgIpc) is 2.90. The van der Waals surface area contributed by atoms with Crippen LogP contribution in [-0.2, 0) is 6.18 Å². The minimum Gasteiger partial charge on any atom is -0.337 e. The smallest absolute Gasteiger partial charge is 0.337 e. The molecule has 1 atom stereocenters. The molecule has 1 N–H and O–H groups in total. The lowest BCUT2D eigenvalue weighted by atomic mass is 10.0. The van der Waals surface area contributed by atoms with Crippen molar-refractivity contribution in [2.75, 3.05) is 20.1 Å². The van der Waals surface area contributed by atoms with Gasteiger partial charge in [-0.2, -0.15) is 13.2 Å². The van der Waals surface area contributed by atoms with E-state index in [4.69, 9.17) is 0 Å². The molecule has 1 aliphatic heterocycles. The molecule has 7 heteroatoms. The molecule has 1 amide bonds. The number of carbonyl (C=O) groups excluding carboxylic acids is 1. The first-order valence-electron chi connectivity index (χ1n) is 6.05. The van der Waals surface area contributed by atoms with Crippen molar-refractivity contribution in [3.8, 4) is 0 Å². The summed E-state index contributed by atoms with van der Waals surface area (Å²) in [5.41, 5.74) is -1.16. The maximum atomic E-state index is 12.9. The Morgan fingerprint density at radius 2 is 2.00 bits per heavy atom. The first kappa shape index (κ1) is 16.8. The third-order valence-electron chi connectivity index (χ3n) is 3.37. The van der Waals surface area contributed by atoms with Gasteiger partial charge in [0.1, 0.15) is 0 Å². The largest absolute Gasteiger partial charge is 0.417 e. The van der Waals surface area contributed by atoms with Crippen molar-refractivity contribution >= 4 is 18.3 Å². The van der Waals surface area contributed by atoms with E-state index in [1.807, 2.05) is 0 Å². The minimum atomic E-state index is -4.51. The van der Waals surface area contributed by atoms with Gasteiger partial charge in [0.05, 0.1) is 11.1 Å². The molecule has 1 aromatic rings. The number of nitrogens with zero attached hydrogens (tertiary/aromatic N) is 1. The molecule has 0 unspecified atom stereocenters. The molecule has 3 nitrogen and oxygen atoms in total. The molecule has 1 fully saturated rings. The van der Waals surface area contributed by atoms with Gasteiger partial charge >= 0.3 is 6.18 Å². The van der Waals surface area contributed by atoms with E-state index in [2.05, 4.69) is 5.32 Å². The summed E-state index contributed by atoms with van der Waals surface area (Å²) >= 11 is 0. The number of benzene rings is 1. The van der Waals surface area contributed by atoms with E-state index < -0.39 is 17.6 Å². The summed E-state index contributed by atoms with van der Waals surface area (Å²) in [5, 5.41) is 3.09. The molecule has 1 heterocycles. The van der Waals surface area contributed by atoms with Gasteiger partial charge in [-0.1, -0.05) is 12.1 Å². The second-order valence-corrected chi connectivity index (χ2v) is 4.61. The average molecular weight is 309 g/mol. The quantitative estimate of drug-likeness (QED) is 0.911. The van der Waals surface area contributed by atoms with Gasteiger partial charge < -0.3 is 10.2 Å². The van der Waals surface area contributed by atoms with E-state index in [1.54, 1.807) is 7.05 Å². The fourth-order valence-corrected chi connectivity index (χ4v) is 2.24. The molecule has 2 rings (SSSR count). The van der Waals surface area contributed by atoms with E-state index in [1.165, 1.54) is 23.1 Å². The maximum Gasteiger partial charge on any atom is 0.417 e. The van der Waals surface area contributed by atoms with Gasteiger partial charge in [-0.15, -0.1) is 12.4 Å². The zero-order valence-corrected chi connectivity index (χ0v) is 11.7. The van der Waals surface area contributed by atoms with Gasteiger partial charge in [-0.05, 0) is 25.1 Å². The summed E-state index contributed by atoms with van der Waals surface area (Å²) in [6, 6.07) is 4.85. The van der Waals surface area contributed by atoms with E-state index in [0.717, 1.165) is 19.0 Å². The summed E-state index contributed by atoms with van der Waals surface area (Å²) in [4.78, 5) is 13.6. The van der Waals surface area contributed by atoms with E-state index in [0.29, 0.717) is 6.54 Å². The summed E-state index contributed by atoms with van der Waals surface area (Å²) in [6.45, 7) is 1.40. The topological polar surface area (TPSA) is 32.3 Å². The van der Waals surface area contributed by atoms with Crippen LogP contribution in [0.3, 0.4) is 0 Å². The van der Waals surface area contributed by atoms with Crippen LogP contribution >= 0.6 is 12.4 Å². The second-order valence-electron chi connectivity index (χ2n) is 4.61. The standard InChI is InChI=1S/C13H15F3N2O.ClH/c1-18(9-6-7-17-8-9)12(19)10-4-2-3-5-11(10)13(14,15)16;/h2-5,9,17H,6-8H2,1H3;1H/t9-;/m1./s1. The molecule has 1 aromatic carbocycles. The first-order chi connectivity index (χ1) is 8.91. The number of likely N-dealkylation sites (N-methyl/N-ethyl adjacent to an activating group) is 1. The lowest BCUT2D eigenvalue weighted by Gasteiger charge is -2.25. The van der Waals surface area contributed by atoms with Gasteiger partial charge in [-0.25, -0.2) is 0 Å². The van der Waals surface area contributed by atoms with Crippen molar-refractivity contribution in [2.24, 2.45) is 0 Å². The van der Waals surface area contributed by atoms with Crippen LogP contribution in [0.4, 0.5) is 13.2 Å². The molecular formula is C13H16ClF3N2O. The number of amides is 1. The molecule has 0 radical (unpaired) electrons. The molecule has 1 aliphatic rings. The molecule has 0 bridgehead atoms. The van der Waals surface area contributed by atoms with Gasteiger partial charge in [0, 0.05) is 19.6 Å². The lowest BCUT2D eigenvalue weighted by Crippen LogP contribution is -2.39. The molecule has 0 aromatic heterocycles. The van der Waals surface area contributed by atoms with Crippen LogP contribution in [0.1, 0.15) is 22.3 Å². The van der Waals surface area contributed by atoms with Crippen molar-refractivity contribution in [3.63, 3.8) is 0 Å². The Hall–Kier alpha value is -1.27. The van der Waals surface area contributed by atoms with Crippen LogP contribution in [0, 0.1) is 0 Å². The predicted octanol–water partition coefficient (Wildman–Crippen LogP) is 2.56. The Labute approximate surface area is 121 Å². The van der Waals surface area contributed by atoms with Gasteiger partial charge in [0.25, 0.3) is 5.91 Å². The Morgan fingerprint density at radius 1 is 1.35 bits per heavy atom.